The van der Waals surface area contributed by atoms with Crippen LogP contribution in [0.5, 0.6) is 0 Å². The molecule has 2 heterocycles. The minimum atomic E-state index is -1.12. The van der Waals surface area contributed by atoms with E-state index in [4.69, 9.17) is 14.2 Å². The summed E-state index contributed by atoms with van der Waals surface area (Å²) in [6.07, 6.45) is -0.603. The largest absolute Gasteiger partial charge is 0.469 e. The van der Waals surface area contributed by atoms with Gasteiger partial charge in [-0.25, -0.2) is 0 Å². The summed E-state index contributed by atoms with van der Waals surface area (Å²) in [6, 6.07) is 0. The van der Waals surface area contributed by atoms with Crippen LogP contribution in [0.2, 0.25) is 0 Å². The molecule has 2 aliphatic rings. The Morgan fingerprint density at radius 3 is 2.33 bits per heavy atom. The van der Waals surface area contributed by atoms with Crippen LogP contribution in [0.25, 0.3) is 0 Å². The Morgan fingerprint density at radius 1 is 1.28 bits per heavy atom. The average molecular weight is 317 g/mol. The van der Waals surface area contributed by atoms with Crippen LogP contribution in [-0.2, 0) is 23.8 Å². The van der Waals surface area contributed by atoms with Crippen LogP contribution >= 0.6 is 15.9 Å². The predicted octanol–water partition coefficient (Wildman–Crippen LogP) is 1.18. The standard InChI is InChI=1S/C12H13BrO5/c1-5-6(2)12(13)8(11(15)17-4)7(9(5)18-12)10(14)16-3/h7-9H,1-2H2,3-4H3/t7-,8+,9-,12+/m1/s1. The molecule has 6 heteroatoms. The van der Waals surface area contributed by atoms with Crippen molar-refractivity contribution in [1.29, 1.82) is 0 Å². The van der Waals surface area contributed by atoms with Crippen molar-refractivity contribution in [2.75, 3.05) is 14.2 Å². The maximum Gasteiger partial charge on any atom is 0.313 e. The van der Waals surface area contributed by atoms with Crippen molar-refractivity contribution in [3.63, 3.8) is 0 Å². The van der Waals surface area contributed by atoms with Gasteiger partial charge in [0.25, 0.3) is 0 Å². The van der Waals surface area contributed by atoms with E-state index < -0.39 is 34.4 Å². The lowest BCUT2D eigenvalue weighted by Crippen LogP contribution is -2.44. The lowest BCUT2D eigenvalue weighted by molar-refractivity contribution is -0.157. The first-order valence-corrected chi connectivity index (χ1v) is 6.08. The van der Waals surface area contributed by atoms with E-state index in [2.05, 4.69) is 29.1 Å². The summed E-state index contributed by atoms with van der Waals surface area (Å²) in [5.41, 5.74) is 1.16. The summed E-state index contributed by atoms with van der Waals surface area (Å²) in [6.45, 7) is 7.68. The van der Waals surface area contributed by atoms with Crippen molar-refractivity contribution in [2.45, 2.75) is 10.6 Å². The van der Waals surface area contributed by atoms with Crippen LogP contribution in [0.1, 0.15) is 0 Å². The number of carbonyl (C=O) groups is 2. The second kappa shape index (κ2) is 4.20. The topological polar surface area (TPSA) is 61.8 Å². The van der Waals surface area contributed by atoms with Gasteiger partial charge in [0.1, 0.15) is 11.8 Å². The molecule has 0 aromatic carbocycles. The molecule has 0 unspecified atom stereocenters. The van der Waals surface area contributed by atoms with Gasteiger partial charge < -0.3 is 14.2 Å². The van der Waals surface area contributed by atoms with Gasteiger partial charge in [-0.1, -0.05) is 13.2 Å². The third-order valence-corrected chi connectivity index (χ3v) is 4.61. The highest BCUT2D eigenvalue weighted by Crippen LogP contribution is 2.59. The van der Waals surface area contributed by atoms with Gasteiger partial charge in [0.15, 0.2) is 4.51 Å². The number of rotatable bonds is 2. The molecular formula is C12H13BrO5. The number of methoxy groups -OCH3 is 2. The monoisotopic (exact) mass is 316 g/mol. The molecule has 0 aromatic heterocycles. The number of fused-ring (bicyclic) bond motifs is 2. The van der Waals surface area contributed by atoms with Crippen molar-refractivity contribution in [1.82, 2.24) is 0 Å². The summed E-state index contributed by atoms with van der Waals surface area (Å²) in [4.78, 5) is 23.7. The van der Waals surface area contributed by atoms with E-state index in [0.29, 0.717) is 11.1 Å². The van der Waals surface area contributed by atoms with Gasteiger partial charge in [0.05, 0.1) is 20.3 Å². The molecular weight excluding hydrogens is 304 g/mol. The number of hydrogen-bond acceptors (Lipinski definition) is 5. The van der Waals surface area contributed by atoms with E-state index in [-0.39, 0.29) is 0 Å². The molecule has 0 spiro atoms. The fraction of sp³-hybridized carbons (Fsp3) is 0.500. The Balaban J connectivity index is 2.47. The van der Waals surface area contributed by atoms with Crippen LogP contribution in [-0.4, -0.2) is 36.8 Å². The van der Waals surface area contributed by atoms with E-state index in [9.17, 15) is 9.59 Å². The number of hydrogen-bond donors (Lipinski definition) is 0. The molecule has 0 saturated carbocycles. The predicted molar refractivity (Wildman–Crippen MR) is 65.8 cm³/mol. The molecule has 4 atom stereocenters. The van der Waals surface area contributed by atoms with E-state index in [1.54, 1.807) is 0 Å². The Labute approximate surface area is 113 Å². The van der Waals surface area contributed by atoms with Crippen LogP contribution < -0.4 is 0 Å². The van der Waals surface area contributed by atoms with Gasteiger partial charge in [-0.15, -0.1) is 0 Å². The van der Waals surface area contributed by atoms with E-state index in [1.165, 1.54) is 14.2 Å². The second-order valence-electron chi connectivity index (χ2n) is 4.24. The van der Waals surface area contributed by atoms with Gasteiger partial charge in [-0.3, -0.25) is 9.59 Å². The third-order valence-electron chi connectivity index (χ3n) is 3.45. The molecule has 2 aliphatic heterocycles. The normalized spacial score (nSPS) is 37.8. The van der Waals surface area contributed by atoms with Crippen molar-refractivity contribution in [3.8, 4) is 0 Å². The molecule has 98 valence electrons. The average Bonchev–Trinajstić information content (AvgIpc) is 2.79. The molecule has 0 aromatic rings. The first-order chi connectivity index (χ1) is 8.38. The zero-order chi connectivity index (χ0) is 13.7. The molecule has 2 rings (SSSR count). The van der Waals surface area contributed by atoms with E-state index >= 15 is 0 Å². The molecule has 2 saturated heterocycles. The van der Waals surface area contributed by atoms with Crippen molar-refractivity contribution >= 4 is 27.9 Å². The van der Waals surface area contributed by atoms with Crippen molar-refractivity contribution in [3.05, 3.63) is 24.3 Å². The summed E-state index contributed by atoms with van der Waals surface area (Å²) in [7, 11) is 2.53. The van der Waals surface area contributed by atoms with Gasteiger partial charge in [-0.2, -0.15) is 0 Å². The Bertz CT molecular complexity index is 457. The molecule has 0 amide bonds. The van der Waals surface area contributed by atoms with Crippen LogP contribution in [0.4, 0.5) is 0 Å². The number of ether oxygens (including phenoxy) is 3. The van der Waals surface area contributed by atoms with Crippen LogP contribution in [0.3, 0.4) is 0 Å². The molecule has 0 radical (unpaired) electrons. The van der Waals surface area contributed by atoms with Crippen LogP contribution in [0, 0.1) is 11.8 Å². The van der Waals surface area contributed by atoms with Crippen LogP contribution in [0.15, 0.2) is 24.3 Å². The molecule has 0 N–H and O–H groups in total. The first-order valence-electron chi connectivity index (χ1n) is 5.29. The van der Waals surface area contributed by atoms with Crippen molar-refractivity contribution in [2.24, 2.45) is 11.8 Å². The highest BCUT2D eigenvalue weighted by molar-refractivity contribution is 9.10. The summed E-state index contributed by atoms with van der Waals surface area (Å²) in [5, 5.41) is 0. The van der Waals surface area contributed by atoms with Gasteiger partial charge in [-0.05, 0) is 27.1 Å². The van der Waals surface area contributed by atoms with Gasteiger partial charge >= 0.3 is 11.9 Å². The fourth-order valence-electron chi connectivity index (χ4n) is 2.50. The smallest absolute Gasteiger partial charge is 0.313 e. The molecule has 18 heavy (non-hydrogen) atoms. The SMILES string of the molecule is C=C1C(=C)[C@]2(Br)O[C@H]1[C@H](C(=O)OC)[C@H]2C(=O)OC. The minimum Gasteiger partial charge on any atom is -0.469 e. The highest BCUT2D eigenvalue weighted by atomic mass is 79.9. The lowest BCUT2D eigenvalue weighted by Gasteiger charge is -2.31. The number of alkyl halides is 1. The molecule has 2 bridgehead atoms. The Hall–Kier alpha value is -1.14. The number of esters is 2. The van der Waals surface area contributed by atoms with E-state index in [0.717, 1.165) is 0 Å². The van der Waals surface area contributed by atoms with Gasteiger partial charge in [0, 0.05) is 0 Å². The maximum atomic E-state index is 11.9. The quantitative estimate of drug-likeness (QED) is 0.565. The van der Waals surface area contributed by atoms with Gasteiger partial charge in [0.2, 0.25) is 0 Å². The lowest BCUT2D eigenvalue weighted by atomic mass is 9.75. The zero-order valence-electron chi connectivity index (χ0n) is 10.1. The van der Waals surface area contributed by atoms with E-state index in [1.807, 2.05) is 0 Å². The minimum absolute atomic E-state index is 0.523. The Kier molecular flexibility index (Phi) is 3.11. The molecule has 0 aliphatic carbocycles. The molecule has 5 nitrogen and oxygen atoms in total. The Morgan fingerprint density at radius 2 is 1.83 bits per heavy atom. The number of carbonyl (C=O) groups excluding carboxylic acids is 2. The fourth-order valence-corrected chi connectivity index (χ4v) is 3.42. The highest BCUT2D eigenvalue weighted by Gasteiger charge is 2.68. The molecule has 2 fully saturated rings. The third kappa shape index (κ3) is 1.48. The summed E-state index contributed by atoms with van der Waals surface area (Å²) >= 11 is 3.35. The number of halogens is 1. The second-order valence-corrected chi connectivity index (χ2v) is 5.42. The van der Waals surface area contributed by atoms with Crippen molar-refractivity contribution < 1.29 is 23.8 Å². The summed E-state index contributed by atoms with van der Waals surface area (Å²) < 4.78 is 14.0. The first kappa shape index (κ1) is 13.3. The summed E-state index contributed by atoms with van der Waals surface area (Å²) in [5.74, 6) is -2.65. The maximum absolute atomic E-state index is 11.9. The zero-order valence-corrected chi connectivity index (χ0v) is 11.7.